The molecule has 0 heterocycles. The molecule has 0 spiro atoms. The normalized spacial score (nSPS) is 11.9. The number of carbonyl (C=O) groups is 3. The molecule has 0 aliphatic heterocycles. The fraction of sp³-hybridized carbons (Fsp3) is 0.660. The van der Waals surface area contributed by atoms with Gasteiger partial charge in [0, 0.05) is 19.4 Å². The molecule has 0 aromatic heterocycles. The molecule has 2 N–H and O–H groups in total. The Balaban J connectivity index is 2.32. The third-order valence-electron chi connectivity index (χ3n) is 10.1. The maximum Gasteiger partial charge on any atom is 0.508 e. The van der Waals surface area contributed by atoms with Crippen molar-refractivity contribution in [2.24, 2.45) is 0 Å². The van der Waals surface area contributed by atoms with Gasteiger partial charge < -0.3 is 24.6 Å². The summed E-state index contributed by atoms with van der Waals surface area (Å²) in [6, 6.07) is 6.76. The Bertz CT molecular complexity index is 1220. The van der Waals surface area contributed by atoms with Crippen molar-refractivity contribution in [2.75, 3.05) is 27.2 Å². The van der Waals surface area contributed by atoms with Gasteiger partial charge in [0.2, 0.25) is 0 Å². The SMILES string of the molecule is CN(C)CCOC(=O)OCc1cc(CCCCCC/C=C\C/C=C\CCCCCCCC(=O)O)cc(CCCCCC/C=C\C/C=C\CCCCCCCC(=O)O)c1. The van der Waals surface area contributed by atoms with Crippen LogP contribution in [0.25, 0.3) is 0 Å². The first-order valence-electron chi connectivity index (χ1n) is 22.9. The Morgan fingerprint density at radius 3 is 1.24 bits per heavy atom. The number of aryl methyl sites for hydroxylation is 2. The van der Waals surface area contributed by atoms with Crippen LogP contribution in [0.3, 0.4) is 0 Å². The number of ether oxygens (including phenoxy) is 2. The molecule has 8 nitrogen and oxygen atoms in total. The van der Waals surface area contributed by atoms with E-state index in [1.54, 1.807) is 0 Å². The predicted octanol–water partition coefficient (Wildman–Crippen LogP) is 13.5. The van der Waals surface area contributed by atoms with Crippen LogP contribution in [0.2, 0.25) is 0 Å². The predicted molar refractivity (Wildman–Crippen MR) is 240 cm³/mol. The van der Waals surface area contributed by atoms with E-state index in [0.717, 1.165) is 108 Å². The Labute approximate surface area is 353 Å². The second-order valence-electron chi connectivity index (χ2n) is 16.0. The number of unbranched alkanes of at least 4 members (excludes halogenated alkanes) is 18. The van der Waals surface area contributed by atoms with Crippen LogP contribution in [-0.4, -0.2) is 60.5 Å². The topological polar surface area (TPSA) is 113 Å². The van der Waals surface area contributed by atoms with E-state index >= 15 is 0 Å². The molecule has 0 radical (unpaired) electrons. The largest absolute Gasteiger partial charge is 0.508 e. The maximum absolute atomic E-state index is 12.2. The first kappa shape index (κ1) is 52.4. The lowest BCUT2D eigenvalue weighted by Crippen LogP contribution is -2.20. The number of likely N-dealkylation sites (N-methyl/N-ethyl adjacent to an activating group) is 1. The van der Waals surface area contributed by atoms with Crippen LogP contribution in [0.1, 0.15) is 184 Å². The highest BCUT2D eigenvalue weighted by atomic mass is 16.7. The molecule has 328 valence electrons. The molecule has 0 aliphatic carbocycles. The molecule has 0 atom stereocenters. The molecule has 1 aromatic rings. The first-order valence-corrected chi connectivity index (χ1v) is 22.9. The Morgan fingerprint density at radius 2 is 0.845 bits per heavy atom. The van der Waals surface area contributed by atoms with Crippen molar-refractivity contribution in [2.45, 2.75) is 186 Å². The summed E-state index contributed by atoms with van der Waals surface area (Å²) in [7, 11) is 3.89. The molecule has 0 saturated carbocycles. The highest BCUT2D eigenvalue weighted by molar-refractivity contribution is 5.66. The maximum atomic E-state index is 12.2. The Morgan fingerprint density at radius 1 is 0.483 bits per heavy atom. The molecule has 58 heavy (non-hydrogen) atoms. The van der Waals surface area contributed by atoms with Crippen LogP contribution in [0.15, 0.2) is 66.8 Å². The fourth-order valence-electron chi connectivity index (χ4n) is 6.75. The molecule has 0 unspecified atom stereocenters. The summed E-state index contributed by atoms with van der Waals surface area (Å²) < 4.78 is 10.7. The molecule has 0 amide bonds. The number of nitrogens with zero attached hydrogens (tertiary/aromatic N) is 1. The number of aliphatic carboxylic acids is 2. The van der Waals surface area contributed by atoms with Crippen molar-refractivity contribution in [1.82, 2.24) is 4.90 Å². The Kier molecular flexibility index (Phi) is 35.1. The summed E-state index contributed by atoms with van der Waals surface area (Å²) in [5.41, 5.74) is 3.69. The molecule has 0 fully saturated rings. The summed E-state index contributed by atoms with van der Waals surface area (Å²) in [5, 5.41) is 17.4. The average Bonchev–Trinajstić information content (AvgIpc) is 3.18. The molecule has 1 rings (SSSR count). The Hall–Kier alpha value is -3.65. The van der Waals surface area contributed by atoms with Gasteiger partial charge in [0.1, 0.15) is 13.2 Å². The number of hydrogen-bond donors (Lipinski definition) is 2. The summed E-state index contributed by atoms with van der Waals surface area (Å²) in [5.74, 6) is -1.38. The zero-order valence-electron chi connectivity index (χ0n) is 36.7. The molecular formula is C50H81NO7. The number of allylic oxidation sites excluding steroid dienone is 8. The minimum atomic E-state index is -0.689. The van der Waals surface area contributed by atoms with E-state index in [9.17, 15) is 14.4 Å². The summed E-state index contributed by atoms with van der Waals surface area (Å²) in [4.78, 5) is 35.3. The third kappa shape index (κ3) is 36.7. The third-order valence-corrected chi connectivity index (χ3v) is 10.1. The van der Waals surface area contributed by atoms with Gasteiger partial charge in [0.05, 0.1) is 0 Å². The number of hydrogen-bond acceptors (Lipinski definition) is 6. The van der Waals surface area contributed by atoms with Crippen molar-refractivity contribution < 1.29 is 34.1 Å². The second kappa shape index (κ2) is 38.8. The number of carboxylic acids is 2. The highest BCUT2D eigenvalue weighted by Gasteiger charge is 2.08. The first-order chi connectivity index (χ1) is 28.3. The molecule has 1 aromatic carbocycles. The van der Waals surface area contributed by atoms with Gasteiger partial charge >= 0.3 is 18.1 Å². The van der Waals surface area contributed by atoms with Gasteiger partial charge in [-0.05, 0) is 134 Å². The van der Waals surface area contributed by atoms with Gasteiger partial charge in [-0.25, -0.2) is 4.79 Å². The zero-order valence-corrected chi connectivity index (χ0v) is 36.7. The average molecular weight is 808 g/mol. The van der Waals surface area contributed by atoms with Crippen molar-refractivity contribution in [1.29, 1.82) is 0 Å². The van der Waals surface area contributed by atoms with E-state index < -0.39 is 18.1 Å². The van der Waals surface area contributed by atoms with Crippen molar-refractivity contribution in [3.63, 3.8) is 0 Å². The summed E-state index contributed by atoms with van der Waals surface area (Å²) >= 11 is 0. The van der Waals surface area contributed by atoms with Crippen molar-refractivity contribution >= 4 is 18.1 Å². The lowest BCUT2D eigenvalue weighted by molar-refractivity contribution is -0.138. The zero-order chi connectivity index (χ0) is 42.2. The molecule has 0 bridgehead atoms. The van der Waals surface area contributed by atoms with E-state index in [1.165, 1.54) is 75.3 Å². The monoisotopic (exact) mass is 808 g/mol. The van der Waals surface area contributed by atoms with E-state index in [-0.39, 0.29) is 6.61 Å². The molecular weight excluding hydrogens is 727 g/mol. The van der Waals surface area contributed by atoms with Crippen LogP contribution in [-0.2, 0) is 38.5 Å². The summed E-state index contributed by atoms with van der Waals surface area (Å²) in [6.07, 6.45) is 47.0. The number of benzene rings is 1. The van der Waals surface area contributed by atoms with Gasteiger partial charge in [0.25, 0.3) is 0 Å². The highest BCUT2D eigenvalue weighted by Crippen LogP contribution is 2.19. The van der Waals surface area contributed by atoms with Crippen molar-refractivity contribution in [3.8, 4) is 0 Å². The molecule has 8 heteroatoms. The van der Waals surface area contributed by atoms with Crippen LogP contribution in [0.4, 0.5) is 4.79 Å². The standard InChI is InChI=1S/C50H81NO7/c1-51(2)39-40-57-50(56)58-44-47-42-45(35-31-27-23-19-15-11-7-3-5-9-13-17-21-25-29-33-37-48(52)53)41-46(43-47)36-32-28-24-20-16-12-8-4-6-10-14-18-22-26-30-34-38-49(54)55/h5-12,41-43H,3-4,13-40,44H2,1-2H3,(H,52,53)(H,54,55)/b9-5-,10-6-,11-7-,12-8-. The number of rotatable bonds is 39. The quantitative estimate of drug-likeness (QED) is 0.0384. The van der Waals surface area contributed by atoms with Gasteiger partial charge in [0.15, 0.2) is 0 Å². The lowest BCUT2D eigenvalue weighted by atomic mass is 9.97. The van der Waals surface area contributed by atoms with Gasteiger partial charge in [-0.3, -0.25) is 9.59 Å². The minimum Gasteiger partial charge on any atom is -0.481 e. The van der Waals surface area contributed by atoms with Crippen LogP contribution in [0, 0.1) is 0 Å². The number of carboxylic acid groups (broad SMARTS) is 2. The van der Waals surface area contributed by atoms with E-state index in [4.69, 9.17) is 19.7 Å². The summed E-state index contributed by atoms with van der Waals surface area (Å²) in [6.45, 7) is 1.22. The van der Waals surface area contributed by atoms with Crippen LogP contribution >= 0.6 is 0 Å². The van der Waals surface area contributed by atoms with E-state index in [1.807, 2.05) is 19.0 Å². The lowest BCUT2D eigenvalue weighted by Gasteiger charge is -2.12. The van der Waals surface area contributed by atoms with Gasteiger partial charge in [-0.2, -0.15) is 0 Å². The van der Waals surface area contributed by atoms with Crippen molar-refractivity contribution in [3.05, 3.63) is 83.5 Å². The van der Waals surface area contributed by atoms with Gasteiger partial charge in [-0.15, -0.1) is 0 Å². The molecule has 0 saturated heterocycles. The number of carbonyl (C=O) groups excluding carboxylic acids is 1. The minimum absolute atomic E-state index is 0.233. The van der Waals surface area contributed by atoms with E-state index in [2.05, 4.69) is 66.8 Å². The smallest absolute Gasteiger partial charge is 0.481 e. The van der Waals surface area contributed by atoms with Gasteiger partial charge in [-0.1, -0.05) is 131 Å². The van der Waals surface area contributed by atoms with E-state index in [0.29, 0.717) is 26.0 Å². The second-order valence-corrected chi connectivity index (χ2v) is 16.0. The van der Waals surface area contributed by atoms with Crippen LogP contribution < -0.4 is 0 Å². The molecule has 0 aliphatic rings. The van der Waals surface area contributed by atoms with Crippen LogP contribution in [0.5, 0.6) is 0 Å². The fourth-order valence-corrected chi connectivity index (χ4v) is 6.75.